The third-order valence-electron chi connectivity index (χ3n) is 3.46. The molecule has 0 aliphatic heterocycles. The summed E-state index contributed by atoms with van der Waals surface area (Å²) in [6, 6.07) is 17.1. The maximum absolute atomic E-state index is 12.1. The lowest BCUT2D eigenvalue weighted by Gasteiger charge is -2.06. The zero-order valence-corrected chi connectivity index (χ0v) is 15.9. The summed E-state index contributed by atoms with van der Waals surface area (Å²) < 4.78 is 6.17. The molecule has 5 nitrogen and oxygen atoms in total. The molecule has 7 heteroatoms. The number of anilines is 2. The van der Waals surface area contributed by atoms with Crippen molar-refractivity contribution in [2.24, 2.45) is 0 Å². The molecule has 1 aromatic heterocycles. The minimum Gasteiger partial charge on any atom is -0.494 e. The number of thiazole rings is 1. The molecule has 134 valence electrons. The number of carbonyl (C=O) groups excluding carboxylic acids is 1. The fourth-order valence-electron chi connectivity index (χ4n) is 2.30. The number of nitrogens with one attached hydrogen (secondary N) is 1. The number of hydrogen-bond donors (Lipinski definition) is 2. The first-order chi connectivity index (χ1) is 12.7. The second-order valence-corrected chi connectivity index (χ2v) is 7.61. The number of hydrogen-bond acceptors (Lipinski definition) is 6. The van der Waals surface area contributed by atoms with Crippen molar-refractivity contribution in [2.45, 2.75) is 11.3 Å². The molecule has 0 saturated heterocycles. The smallest absolute Gasteiger partial charge is 0.234 e. The highest BCUT2D eigenvalue weighted by Gasteiger charge is 2.12. The third-order valence-corrected chi connectivity index (χ3v) is 5.48. The van der Waals surface area contributed by atoms with E-state index in [4.69, 9.17) is 10.5 Å². The molecule has 3 rings (SSSR count). The van der Waals surface area contributed by atoms with Crippen LogP contribution in [0.1, 0.15) is 6.92 Å². The highest BCUT2D eigenvalue weighted by molar-refractivity contribution is 8.01. The predicted molar refractivity (Wildman–Crippen MR) is 109 cm³/mol. The van der Waals surface area contributed by atoms with Crippen LogP contribution in [0.5, 0.6) is 5.75 Å². The summed E-state index contributed by atoms with van der Waals surface area (Å²) in [4.78, 5) is 16.7. The highest BCUT2D eigenvalue weighted by Crippen LogP contribution is 2.35. The van der Waals surface area contributed by atoms with E-state index >= 15 is 0 Å². The van der Waals surface area contributed by atoms with Crippen molar-refractivity contribution in [3.63, 3.8) is 0 Å². The van der Waals surface area contributed by atoms with Crippen molar-refractivity contribution in [1.29, 1.82) is 0 Å². The van der Waals surface area contributed by atoms with Crippen molar-refractivity contribution in [2.75, 3.05) is 23.4 Å². The number of rotatable bonds is 7. The maximum atomic E-state index is 12.1. The molecule has 26 heavy (non-hydrogen) atoms. The summed E-state index contributed by atoms with van der Waals surface area (Å²) in [7, 11) is 0. The Morgan fingerprint density at radius 2 is 1.92 bits per heavy atom. The molecule has 1 amide bonds. The minimum atomic E-state index is -0.0887. The molecule has 0 aliphatic carbocycles. The standard InChI is InChI=1S/C19H19N3O2S2/c1-2-24-15-10-8-14(9-11-15)21-16(23)12-25-19-22-17(18(20)26-19)13-6-4-3-5-7-13/h3-11H,2,12,20H2,1H3,(H,21,23). The number of ether oxygens (including phenoxy) is 1. The van der Waals surface area contributed by atoms with Crippen LogP contribution in [-0.2, 0) is 4.79 Å². The van der Waals surface area contributed by atoms with E-state index in [0.717, 1.165) is 27.0 Å². The van der Waals surface area contributed by atoms with Gasteiger partial charge in [0.2, 0.25) is 5.91 Å². The van der Waals surface area contributed by atoms with Crippen LogP contribution in [0.3, 0.4) is 0 Å². The van der Waals surface area contributed by atoms with E-state index < -0.39 is 0 Å². The molecule has 0 unspecified atom stereocenters. The molecule has 0 spiro atoms. The zero-order chi connectivity index (χ0) is 18.4. The largest absolute Gasteiger partial charge is 0.494 e. The fourth-order valence-corrected chi connectivity index (χ4v) is 4.05. The second kappa shape index (κ2) is 8.73. The topological polar surface area (TPSA) is 77.2 Å². The SMILES string of the molecule is CCOc1ccc(NC(=O)CSc2nc(-c3ccccc3)c(N)s2)cc1. The molecular formula is C19H19N3O2S2. The lowest BCUT2D eigenvalue weighted by Crippen LogP contribution is -2.13. The molecule has 1 heterocycles. The monoisotopic (exact) mass is 385 g/mol. The summed E-state index contributed by atoms with van der Waals surface area (Å²) in [5.41, 5.74) is 8.56. The van der Waals surface area contributed by atoms with Gasteiger partial charge in [0.1, 0.15) is 16.4 Å². The minimum absolute atomic E-state index is 0.0887. The van der Waals surface area contributed by atoms with Crippen LogP contribution in [0.2, 0.25) is 0 Å². The van der Waals surface area contributed by atoms with Gasteiger partial charge in [0.05, 0.1) is 12.4 Å². The van der Waals surface area contributed by atoms with Crippen LogP contribution in [-0.4, -0.2) is 23.3 Å². The van der Waals surface area contributed by atoms with Gasteiger partial charge in [-0.05, 0) is 31.2 Å². The second-order valence-electron chi connectivity index (χ2n) is 5.35. The summed E-state index contributed by atoms with van der Waals surface area (Å²) in [5.74, 6) is 0.967. The predicted octanol–water partition coefficient (Wildman–Crippen LogP) is 4.52. The van der Waals surface area contributed by atoms with Crippen molar-refractivity contribution < 1.29 is 9.53 Å². The summed E-state index contributed by atoms with van der Waals surface area (Å²) >= 11 is 2.78. The fraction of sp³-hybridized carbons (Fsp3) is 0.158. The molecule has 0 radical (unpaired) electrons. The van der Waals surface area contributed by atoms with Crippen molar-refractivity contribution in [1.82, 2.24) is 4.98 Å². The van der Waals surface area contributed by atoms with E-state index in [1.807, 2.05) is 61.5 Å². The van der Waals surface area contributed by atoms with Crippen molar-refractivity contribution in [3.8, 4) is 17.0 Å². The van der Waals surface area contributed by atoms with Gasteiger partial charge in [-0.25, -0.2) is 4.98 Å². The summed E-state index contributed by atoms with van der Waals surface area (Å²) in [6.45, 7) is 2.55. The first-order valence-corrected chi connectivity index (χ1v) is 9.93. The first-order valence-electron chi connectivity index (χ1n) is 8.13. The van der Waals surface area contributed by atoms with Crippen LogP contribution in [0, 0.1) is 0 Å². The summed E-state index contributed by atoms with van der Waals surface area (Å²) in [6.07, 6.45) is 0. The number of nitrogen functional groups attached to an aromatic ring is 1. The van der Waals surface area contributed by atoms with E-state index in [-0.39, 0.29) is 11.7 Å². The van der Waals surface area contributed by atoms with Crippen molar-refractivity contribution in [3.05, 3.63) is 54.6 Å². The molecule has 0 aliphatic rings. The molecule has 2 aromatic carbocycles. The van der Waals surface area contributed by atoms with E-state index in [9.17, 15) is 4.79 Å². The van der Waals surface area contributed by atoms with Gasteiger partial charge in [-0.3, -0.25) is 4.79 Å². The van der Waals surface area contributed by atoms with Crippen LogP contribution < -0.4 is 15.8 Å². The number of amides is 1. The Balaban J connectivity index is 1.56. The Bertz CT molecular complexity index is 864. The van der Waals surface area contributed by atoms with Gasteiger partial charge in [0, 0.05) is 11.3 Å². The van der Waals surface area contributed by atoms with Gasteiger partial charge in [-0.15, -0.1) is 0 Å². The first kappa shape index (κ1) is 18.3. The maximum Gasteiger partial charge on any atom is 0.234 e. The Kier molecular flexibility index (Phi) is 6.14. The van der Waals surface area contributed by atoms with Gasteiger partial charge in [0.25, 0.3) is 0 Å². The van der Waals surface area contributed by atoms with Crippen molar-refractivity contribution >= 4 is 39.7 Å². The number of thioether (sulfide) groups is 1. The van der Waals surface area contributed by atoms with Crippen LogP contribution in [0.25, 0.3) is 11.3 Å². The van der Waals surface area contributed by atoms with Gasteiger partial charge in [-0.2, -0.15) is 0 Å². The molecule has 0 atom stereocenters. The lowest BCUT2D eigenvalue weighted by molar-refractivity contribution is -0.113. The van der Waals surface area contributed by atoms with E-state index in [0.29, 0.717) is 11.6 Å². The molecule has 3 aromatic rings. The Morgan fingerprint density at radius 3 is 2.62 bits per heavy atom. The van der Waals surface area contributed by atoms with Gasteiger partial charge >= 0.3 is 0 Å². The van der Waals surface area contributed by atoms with E-state index in [1.165, 1.54) is 23.1 Å². The van der Waals surface area contributed by atoms with Gasteiger partial charge in [0.15, 0.2) is 4.34 Å². The van der Waals surface area contributed by atoms with E-state index in [2.05, 4.69) is 10.3 Å². The average Bonchev–Trinajstić information content (AvgIpc) is 3.03. The zero-order valence-electron chi connectivity index (χ0n) is 14.3. The third kappa shape index (κ3) is 4.77. The number of nitrogens with zero attached hydrogens (tertiary/aromatic N) is 1. The average molecular weight is 386 g/mol. The molecule has 0 saturated carbocycles. The number of benzene rings is 2. The van der Waals surface area contributed by atoms with Crippen LogP contribution in [0.4, 0.5) is 10.7 Å². The van der Waals surface area contributed by atoms with E-state index in [1.54, 1.807) is 0 Å². The van der Waals surface area contributed by atoms with Crippen LogP contribution >= 0.6 is 23.1 Å². The summed E-state index contributed by atoms with van der Waals surface area (Å²) in [5, 5.41) is 3.52. The normalized spacial score (nSPS) is 10.5. The highest BCUT2D eigenvalue weighted by atomic mass is 32.2. The molecule has 0 bridgehead atoms. The number of carbonyl (C=O) groups is 1. The van der Waals surface area contributed by atoms with Gasteiger partial charge in [-0.1, -0.05) is 53.4 Å². The Hall–Kier alpha value is -2.51. The Morgan fingerprint density at radius 1 is 1.19 bits per heavy atom. The Labute approximate surface area is 160 Å². The van der Waals surface area contributed by atoms with Crippen LogP contribution in [0.15, 0.2) is 58.9 Å². The lowest BCUT2D eigenvalue weighted by atomic mass is 10.2. The number of nitrogens with two attached hydrogens (primary N) is 1. The number of aromatic nitrogens is 1. The van der Waals surface area contributed by atoms with Gasteiger partial charge < -0.3 is 15.8 Å². The molecular weight excluding hydrogens is 366 g/mol. The molecule has 3 N–H and O–H groups in total. The molecule has 0 fully saturated rings. The quantitative estimate of drug-likeness (QED) is 0.585.